The van der Waals surface area contributed by atoms with E-state index in [1.165, 1.54) is 0 Å². The average molecular weight is 147 g/mol. The molecule has 56 valence electrons. The Labute approximate surface area is 60.4 Å². The van der Waals surface area contributed by atoms with Gasteiger partial charge >= 0.3 is 0 Å². The van der Waals surface area contributed by atoms with Crippen molar-refractivity contribution in [3.8, 4) is 0 Å². The second-order valence-corrected chi connectivity index (χ2v) is 9.15. The summed E-state index contributed by atoms with van der Waals surface area (Å²) in [6, 6.07) is 0. The van der Waals surface area contributed by atoms with E-state index in [2.05, 4.69) is 40.8 Å². The molecule has 0 nitrogen and oxygen atoms in total. The number of hydrogen-bond donors (Lipinski definition) is 0. The molecule has 1 unspecified atom stereocenters. The molecule has 0 fully saturated rings. The standard InChI is InChI=1S/C8H20P/c1-7(2)8(3)9(4,5)6/h7-8H,1-6H3/q+1. The van der Waals surface area contributed by atoms with Gasteiger partial charge in [0.25, 0.3) is 0 Å². The maximum Gasteiger partial charge on any atom is 0.0684 e. The van der Waals surface area contributed by atoms with E-state index in [0.717, 1.165) is 11.6 Å². The van der Waals surface area contributed by atoms with Crippen LogP contribution < -0.4 is 0 Å². The van der Waals surface area contributed by atoms with Crippen LogP contribution in [-0.2, 0) is 0 Å². The summed E-state index contributed by atoms with van der Waals surface area (Å²) < 4.78 is 0. The quantitative estimate of drug-likeness (QED) is 0.527. The Hall–Kier alpha value is 0.430. The fraction of sp³-hybridized carbons (Fsp3) is 1.00. The van der Waals surface area contributed by atoms with Crippen molar-refractivity contribution in [2.24, 2.45) is 5.92 Å². The van der Waals surface area contributed by atoms with E-state index in [9.17, 15) is 0 Å². The van der Waals surface area contributed by atoms with E-state index in [-0.39, 0.29) is 0 Å². The summed E-state index contributed by atoms with van der Waals surface area (Å²) in [5.74, 6) is 0.860. The molecule has 0 aromatic heterocycles. The molecule has 0 saturated heterocycles. The van der Waals surface area contributed by atoms with E-state index in [1.807, 2.05) is 0 Å². The monoisotopic (exact) mass is 147 g/mol. The topological polar surface area (TPSA) is 0 Å². The maximum atomic E-state index is 2.41. The summed E-state index contributed by atoms with van der Waals surface area (Å²) in [4.78, 5) is 0. The molecular formula is C8H20P+. The number of rotatable bonds is 2. The highest BCUT2D eigenvalue weighted by Gasteiger charge is 2.28. The van der Waals surface area contributed by atoms with Crippen LogP contribution in [0.25, 0.3) is 0 Å². The minimum atomic E-state index is -0.563. The summed E-state index contributed by atoms with van der Waals surface area (Å²) in [5, 5.41) is 0. The maximum absolute atomic E-state index is 2.41. The first-order valence-corrected chi connectivity index (χ1v) is 6.86. The molecule has 0 amide bonds. The summed E-state index contributed by atoms with van der Waals surface area (Å²) in [6.45, 7) is 14.2. The zero-order valence-corrected chi connectivity index (χ0v) is 8.50. The SMILES string of the molecule is CC(C)C(C)[P+](C)(C)C. The molecule has 0 heterocycles. The second-order valence-electron chi connectivity index (χ2n) is 4.10. The highest BCUT2D eigenvalue weighted by molar-refractivity contribution is 7.74. The Morgan fingerprint density at radius 2 is 1.22 bits per heavy atom. The van der Waals surface area contributed by atoms with E-state index in [1.54, 1.807) is 0 Å². The smallest absolute Gasteiger partial charge is 0.0590 e. The molecule has 0 aromatic carbocycles. The molecule has 1 atom stereocenters. The molecule has 0 aliphatic carbocycles. The van der Waals surface area contributed by atoms with Crippen molar-refractivity contribution in [3.05, 3.63) is 0 Å². The predicted molar refractivity (Wildman–Crippen MR) is 49.0 cm³/mol. The molecule has 0 rings (SSSR count). The highest BCUT2D eigenvalue weighted by atomic mass is 31.2. The lowest BCUT2D eigenvalue weighted by Gasteiger charge is -2.23. The fourth-order valence-electron chi connectivity index (χ4n) is 0.894. The van der Waals surface area contributed by atoms with Crippen molar-refractivity contribution in [2.45, 2.75) is 26.4 Å². The van der Waals surface area contributed by atoms with Crippen LogP contribution in [0.4, 0.5) is 0 Å². The van der Waals surface area contributed by atoms with Gasteiger partial charge < -0.3 is 0 Å². The minimum Gasteiger partial charge on any atom is -0.0590 e. The van der Waals surface area contributed by atoms with Crippen molar-refractivity contribution >= 4 is 7.26 Å². The lowest BCUT2D eigenvalue weighted by atomic mass is 10.2. The fourth-order valence-corrected chi connectivity index (χ4v) is 2.68. The van der Waals surface area contributed by atoms with Crippen LogP contribution in [0, 0.1) is 5.92 Å². The molecule has 0 bridgehead atoms. The Kier molecular flexibility index (Phi) is 3.16. The van der Waals surface area contributed by atoms with Gasteiger partial charge in [-0.3, -0.25) is 0 Å². The average Bonchev–Trinajstić information content (AvgIpc) is 1.62. The van der Waals surface area contributed by atoms with Gasteiger partial charge in [-0.2, -0.15) is 0 Å². The molecule has 0 N–H and O–H groups in total. The summed E-state index contributed by atoms with van der Waals surface area (Å²) >= 11 is 0. The minimum absolute atomic E-state index is 0.563. The second kappa shape index (κ2) is 3.01. The molecule has 0 aromatic rings. The summed E-state index contributed by atoms with van der Waals surface area (Å²) in [5.41, 5.74) is 0.928. The molecule has 0 aliphatic rings. The molecule has 9 heavy (non-hydrogen) atoms. The summed E-state index contributed by atoms with van der Waals surface area (Å²) in [6.07, 6.45) is 0. The van der Waals surface area contributed by atoms with Gasteiger partial charge in [-0.05, 0) is 12.8 Å². The molecule has 1 heteroatoms. The van der Waals surface area contributed by atoms with Crippen molar-refractivity contribution < 1.29 is 0 Å². The van der Waals surface area contributed by atoms with Gasteiger partial charge in [-0.25, -0.2) is 0 Å². The third-order valence-corrected chi connectivity index (χ3v) is 5.23. The van der Waals surface area contributed by atoms with Crippen molar-refractivity contribution in [2.75, 3.05) is 20.0 Å². The van der Waals surface area contributed by atoms with Gasteiger partial charge in [0, 0.05) is 27.3 Å². The zero-order valence-electron chi connectivity index (χ0n) is 7.60. The van der Waals surface area contributed by atoms with Crippen molar-refractivity contribution in [1.29, 1.82) is 0 Å². The van der Waals surface area contributed by atoms with Gasteiger partial charge in [0.05, 0.1) is 5.66 Å². The van der Waals surface area contributed by atoms with Crippen LogP contribution in [0.5, 0.6) is 0 Å². The van der Waals surface area contributed by atoms with E-state index >= 15 is 0 Å². The van der Waals surface area contributed by atoms with Gasteiger partial charge in [-0.15, -0.1) is 0 Å². The Bertz CT molecular complexity index is 79.1. The van der Waals surface area contributed by atoms with Crippen LogP contribution in [0.2, 0.25) is 0 Å². The normalized spacial score (nSPS) is 16.3. The van der Waals surface area contributed by atoms with Crippen LogP contribution in [0.3, 0.4) is 0 Å². The zero-order chi connectivity index (χ0) is 7.65. The Morgan fingerprint density at radius 1 is 0.889 bits per heavy atom. The molecule has 0 aliphatic heterocycles. The first-order valence-electron chi connectivity index (χ1n) is 3.67. The van der Waals surface area contributed by atoms with E-state index in [0.29, 0.717) is 0 Å². The van der Waals surface area contributed by atoms with Gasteiger partial charge in [0.1, 0.15) is 0 Å². The van der Waals surface area contributed by atoms with Gasteiger partial charge in [0.15, 0.2) is 0 Å². The van der Waals surface area contributed by atoms with Crippen LogP contribution >= 0.6 is 7.26 Å². The third kappa shape index (κ3) is 3.20. The number of hydrogen-bond acceptors (Lipinski definition) is 0. The Balaban J connectivity index is 3.88. The highest BCUT2D eigenvalue weighted by Crippen LogP contribution is 2.54. The van der Waals surface area contributed by atoms with Crippen LogP contribution in [0.15, 0.2) is 0 Å². The van der Waals surface area contributed by atoms with Gasteiger partial charge in [0.2, 0.25) is 0 Å². The molecule has 0 spiro atoms. The van der Waals surface area contributed by atoms with E-state index in [4.69, 9.17) is 0 Å². The van der Waals surface area contributed by atoms with E-state index < -0.39 is 7.26 Å². The Morgan fingerprint density at radius 3 is 1.22 bits per heavy atom. The van der Waals surface area contributed by atoms with Crippen molar-refractivity contribution in [1.82, 2.24) is 0 Å². The molecule has 0 radical (unpaired) electrons. The molecule has 0 saturated carbocycles. The summed E-state index contributed by atoms with van der Waals surface area (Å²) in [7, 11) is -0.563. The van der Waals surface area contributed by atoms with Gasteiger partial charge in [-0.1, -0.05) is 13.8 Å². The largest absolute Gasteiger partial charge is 0.0684 e. The van der Waals surface area contributed by atoms with Crippen LogP contribution in [0.1, 0.15) is 20.8 Å². The van der Waals surface area contributed by atoms with Crippen molar-refractivity contribution in [3.63, 3.8) is 0 Å². The lowest BCUT2D eigenvalue weighted by Crippen LogP contribution is -2.13. The molecular weight excluding hydrogens is 127 g/mol. The first kappa shape index (κ1) is 9.43. The predicted octanol–water partition coefficient (Wildman–Crippen LogP) is 2.94. The third-order valence-electron chi connectivity index (χ3n) is 2.19. The van der Waals surface area contributed by atoms with Crippen LogP contribution in [-0.4, -0.2) is 25.7 Å². The lowest BCUT2D eigenvalue weighted by molar-refractivity contribution is 0.631. The first-order chi connectivity index (χ1) is 3.85.